The lowest BCUT2D eigenvalue weighted by Crippen LogP contribution is -2.34. The van der Waals surface area contributed by atoms with E-state index in [1.807, 2.05) is 0 Å². The summed E-state index contributed by atoms with van der Waals surface area (Å²) in [5, 5.41) is 25.6. The van der Waals surface area contributed by atoms with E-state index in [1.165, 1.54) is 6.08 Å². The molecule has 0 aliphatic rings. The predicted octanol–water partition coefficient (Wildman–Crippen LogP) is -0.291. The highest BCUT2D eigenvalue weighted by Crippen LogP contribution is 2.10. The van der Waals surface area contributed by atoms with Crippen molar-refractivity contribution in [3.05, 3.63) is 12.7 Å². The van der Waals surface area contributed by atoms with Crippen molar-refractivity contribution in [3.63, 3.8) is 0 Å². The van der Waals surface area contributed by atoms with Crippen LogP contribution in [0.5, 0.6) is 0 Å². The van der Waals surface area contributed by atoms with Gasteiger partial charge in [-0.3, -0.25) is 4.79 Å². The largest absolute Gasteiger partial charge is 0.481 e. The third-order valence-corrected chi connectivity index (χ3v) is 1.37. The highest BCUT2D eigenvalue weighted by Gasteiger charge is 2.30. The second kappa shape index (κ2) is 4.50. The third kappa shape index (κ3) is 2.71. The third-order valence-electron chi connectivity index (χ3n) is 1.37. The standard InChI is InChI=1S/C7H10O5/c1-2-3-4(6(9)10)5(8)7(11)12/h2,4-5,8H,1,3H2,(H,9,10)(H,11,12). The summed E-state index contributed by atoms with van der Waals surface area (Å²) in [4.78, 5) is 20.5. The Balaban J connectivity index is 4.38. The van der Waals surface area contributed by atoms with E-state index in [9.17, 15) is 9.59 Å². The van der Waals surface area contributed by atoms with Gasteiger partial charge in [-0.25, -0.2) is 4.79 Å². The van der Waals surface area contributed by atoms with Gasteiger partial charge in [-0.15, -0.1) is 6.58 Å². The van der Waals surface area contributed by atoms with Crippen molar-refractivity contribution in [2.75, 3.05) is 0 Å². The lowest BCUT2D eigenvalue weighted by molar-refractivity contribution is -0.159. The fourth-order valence-electron chi connectivity index (χ4n) is 0.716. The van der Waals surface area contributed by atoms with Crippen LogP contribution in [0.1, 0.15) is 6.42 Å². The van der Waals surface area contributed by atoms with Gasteiger partial charge in [0.2, 0.25) is 0 Å². The molecule has 0 spiro atoms. The van der Waals surface area contributed by atoms with Gasteiger partial charge in [0.25, 0.3) is 0 Å². The first kappa shape index (κ1) is 10.6. The monoisotopic (exact) mass is 174 g/mol. The molecule has 0 bridgehead atoms. The van der Waals surface area contributed by atoms with Gasteiger partial charge < -0.3 is 15.3 Å². The number of rotatable bonds is 5. The SMILES string of the molecule is C=CCC(C(=O)O)C(O)C(=O)O. The molecule has 2 unspecified atom stereocenters. The highest BCUT2D eigenvalue weighted by molar-refractivity contribution is 5.81. The number of aliphatic hydroxyl groups is 1. The first-order chi connectivity index (χ1) is 5.50. The van der Waals surface area contributed by atoms with Crippen LogP contribution in [0.4, 0.5) is 0 Å². The van der Waals surface area contributed by atoms with E-state index in [0.717, 1.165) is 0 Å². The number of hydrogen-bond acceptors (Lipinski definition) is 3. The molecule has 0 aromatic carbocycles. The molecule has 0 fully saturated rings. The number of aliphatic carboxylic acids is 2. The molecule has 68 valence electrons. The molecule has 0 aliphatic heterocycles. The Bertz CT molecular complexity index is 198. The molecular weight excluding hydrogens is 164 g/mol. The molecular formula is C7H10O5. The van der Waals surface area contributed by atoms with Gasteiger partial charge in [0.05, 0.1) is 5.92 Å². The van der Waals surface area contributed by atoms with Gasteiger partial charge in [0.15, 0.2) is 6.10 Å². The molecule has 0 aromatic heterocycles. The molecule has 0 heterocycles. The van der Waals surface area contributed by atoms with Crippen molar-refractivity contribution >= 4 is 11.9 Å². The second-order valence-corrected chi connectivity index (χ2v) is 2.25. The first-order valence-corrected chi connectivity index (χ1v) is 3.25. The van der Waals surface area contributed by atoms with Gasteiger partial charge in [-0.05, 0) is 6.42 Å². The van der Waals surface area contributed by atoms with E-state index in [2.05, 4.69) is 6.58 Å². The topological polar surface area (TPSA) is 94.8 Å². The summed E-state index contributed by atoms with van der Waals surface area (Å²) in [6.07, 6.45) is -0.686. The maximum Gasteiger partial charge on any atom is 0.333 e. The minimum absolute atomic E-state index is 0.0667. The highest BCUT2D eigenvalue weighted by atomic mass is 16.4. The summed E-state index contributed by atoms with van der Waals surface area (Å²) >= 11 is 0. The first-order valence-electron chi connectivity index (χ1n) is 3.25. The van der Waals surface area contributed by atoms with Crippen molar-refractivity contribution in [2.24, 2.45) is 5.92 Å². The Morgan fingerprint density at radius 2 is 1.83 bits per heavy atom. The maximum absolute atomic E-state index is 10.4. The minimum atomic E-state index is -1.87. The quantitative estimate of drug-likeness (QED) is 0.498. The van der Waals surface area contributed by atoms with E-state index >= 15 is 0 Å². The number of carboxylic acid groups (broad SMARTS) is 2. The summed E-state index contributed by atoms with van der Waals surface area (Å²) in [5.74, 6) is -4.20. The van der Waals surface area contributed by atoms with Gasteiger partial charge in [0.1, 0.15) is 0 Å². The van der Waals surface area contributed by atoms with Gasteiger partial charge in [0, 0.05) is 0 Å². The smallest absolute Gasteiger partial charge is 0.333 e. The lowest BCUT2D eigenvalue weighted by Gasteiger charge is -2.12. The maximum atomic E-state index is 10.4. The number of aliphatic hydroxyl groups excluding tert-OH is 1. The van der Waals surface area contributed by atoms with Crippen LogP contribution in [-0.2, 0) is 9.59 Å². The Morgan fingerprint density at radius 3 is 2.08 bits per heavy atom. The molecule has 3 N–H and O–H groups in total. The van der Waals surface area contributed by atoms with Crippen molar-refractivity contribution in [3.8, 4) is 0 Å². The summed E-state index contributed by atoms with van der Waals surface area (Å²) < 4.78 is 0. The lowest BCUT2D eigenvalue weighted by atomic mass is 9.99. The number of carbonyl (C=O) groups is 2. The van der Waals surface area contributed by atoms with E-state index in [-0.39, 0.29) is 6.42 Å². The Hall–Kier alpha value is -1.36. The van der Waals surface area contributed by atoms with Gasteiger partial charge in [-0.2, -0.15) is 0 Å². The van der Waals surface area contributed by atoms with Crippen LogP contribution < -0.4 is 0 Å². The molecule has 12 heavy (non-hydrogen) atoms. The van der Waals surface area contributed by atoms with Crippen molar-refractivity contribution in [1.82, 2.24) is 0 Å². The molecule has 0 amide bonds. The normalized spacial score (nSPS) is 14.8. The molecule has 0 radical (unpaired) electrons. The Labute approximate surface area is 68.9 Å². The van der Waals surface area contributed by atoms with Crippen LogP contribution in [0.15, 0.2) is 12.7 Å². The average Bonchev–Trinajstić information content (AvgIpc) is 1.98. The van der Waals surface area contributed by atoms with Crippen molar-refractivity contribution < 1.29 is 24.9 Å². The molecule has 5 heteroatoms. The Morgan fingerprint density at radius 1 is 1.33 bits per heavy atom. The minimum Gasteiger partial charge on any atom is -0.481 e. The second-order valence-electron chi connectivity index (χ2n) is 2.25. The molecule has 2 atom stereocenters. The van der Waals surface area contributed by atoms with Gasteiger partial charge >= 0.3 is 11.9 Å². The van der Waals surface area contributed by atoms with Crippen LogP contribution in [-0.4, -0.2) is 33.4 Å². The zero-order chi connectivity index (χ0) is 9.72. The zero-order valence-electron chi connectivity index (χ0n) is 6.30. The van der Waals surface area contributed by atoms with E-state index in [4.69, 9.17) is 15.3 Å². The van der Waals surface area contributed by atoms with Gasteiger partial charge in [-0.1, -0.05) is 6.08 Å². The van der Waals surface area contributed by atoms with Crippen LogP contribution in [0, 0.1) is 5.92 Å². The van der Waals surface area contributed by atoms with Crippen molar-refractivity contribution in [1.29, 1.82) is 0 Å². The summed E-state index contributed by atoms with van der Waals surface area (Å²) in [5.41, 5.74) is 0. The van der Waals surface area contributed by atoms with E-state index in [1.54, 1.807) is 0 Å². The summed E-state index contributed by atoms with van der Waals surface area (Å²) in [6.45, 7) is 3.26. The number of carboxylic acids is 2. The zero-order valence-corrected chi connectivity index (χ0v) is 6.30. The molecule has 0 saturated heterocycles. The summed E-state index contributed by atoms with van der Waals surface area (Å²) in [6, 6.07) is 0. The molecule has 0 rings (SSSR count). The van der Waals surface area contributed by atoms with E-state index in [0.29, 0.717) is 0 Å². The van der Waals surface area contributed by atoms with Crippen molar-refractivity contribution in [2.45, 2.75) is 12.5 Å². The Kier molecular flexibility index (Phi) is 3.99. The summed E-state index contributed by atoms with van der Waals surface area (Å²) in [7, 11) is 0. The van der Waals surface area contributed by atoms with Crippen LogP contribution in [0.3, 0.4) is 0 Å². The van der Waals surface area contributed by atoms with Crippen LogP contribution in [0.2, 0.25) is 0 Å². The predicted molar refractivity (Wildman–Crippen MR) is 39.6 cm³/mol. The van der Waals surface area contributed by atoms with Crippen LogP contribution in [0.25, 0.3) is 0 Å². The molecule has 0 aromatic rings. The number of allylic oxidation sites excluding steroid dienone is 1. The van der Waals surface area contributed by atoms with Crippen LogP contribution >= 0.6 is 0 Å². The number of hydrogen-bond donors (Lipinski definition) is 3. The molecule has 5 nitrogen and oxygen atoms in total. The molecule has 0 saturated carbocycles. The van der Waals surface area contributed by atoms with E-state index < -0.39 is 24.0 Å². The molecule has 0 aliphatic carbocycles. The average molecular weight is 174 g/mol. The fraction of sp³-hybridized carbons (Fsp3) is 0.429. The fourth-order valence-corrected chi connectivity index (χ4v) is 0.716.